The van der Waals surface area contributed by atoms with Crippen LogP contribution in [0.5, 0.6) is 5.75 Å². The quantitative estimate of drug-likeness (QED) is 0.0997. The first-order valence-electron chi connectivity index (χ1n) is 11.5. The third-order valence-electron chi connectivity index (χ3n) is 5.53. The van der Waals surface area contributed by atoms with Crippen LogP contribution in [0.3, 0.4) is 0 Å². The first-order valence-corrected chi connectivity index (χ1v) is 11.5. The highest BCUT2D eigenvalue weighted by Crippen LogP contribution is 2.28. The van der Waals surface area contributed by atoms with Gasteiger partial charge in [0.15, 0.2) is 0 Å². The third-order valence-corrected chi connectivity index (χ3v) is 5.53. The zero-order valence-electron chi connectivity index (χ0n) is 21.0. The van der Waals surface area contributed by atoms with Crippen molar-refractivity contribution in [2.24, 2.45) is 0 Å². The SMILES string of the molecule is COC(=O)c1ccc(CN2C(=O)N/C(=C\c3cc([N+](=O)[O-])ccc3OC(=O)/C=C/c3cccc([N+](=O)[O-])c3)C2=O)o1. The van der Waals surface area contributed by atoms with E-state index in [2.05, 4.69) is 10.1 Å². The smallest absolute Gasteiger partial charge is 0.373 e. The monoisotopic (exact) mass is 562 g/mol. The van der Waals surface area contributed by atoms with Crippen LogP contribution in [0, 0.1) is 20.2 Å². The fraction of sp³-hybridized carbons (Fsp3) is 0.0769. The lowest BCUT2D eigenvalue weighted by atomic mass is 10.1. The van der Waals surface area contributed by atoms with Crippen LogP contribution in [0.15, 0.2) is 70.8 Å². The number of hydrogen-bond acceptors (Lipinski definition) is 11. The molecule has 4 rings (SSSR count). The van der Waals surface area contributed by atoms with E-state index in [-0.39, 0.29) is 46.5 Å². The number of imide groups is 1. The number of esters is 2. The molecule has 0 atom stereocenters. The van der Waals surface area contributed by atoms with Crippen molar-refractivity contribution < 1.29 is 42.9 Å². The van der Waals surface area contributed by atoms with E-state index in [1.807, 2.05) is 0 Å². The molecule has 0 saturated carbocycles. The van der Waals surface area contributed by atoms with Crippen LogP contribution in [-0.4, -0.2) is 45.7 Å². The number of nitrogens with one attached hydrogen (secondary N) is 1. The van der Waals surface area contributed by atoms with Gasteiger partial charge in [-0.1, -0.05) is 12.1 Å². The number of rotatable bonds is 9. The molecule has 1 aliphatic heterocycles. The summed E-state index contributed by atoms with van der Waals surface area (Å²) < 4.78 is 15.1. The Bertz CT molecular complexity index is 1650. The highest BCUT2D eigenvalue weighted by molar-refractivity contribution is 6.14. The van der Waals surface area contributed by atoms with Crippen LogP contribution in [0.25, 0.3) is 12.2 Å². The maximum Gasteiger partial charge on any atom is 0.373 e. The van der Waals surface area contributed by atoms with Crippen molar-refractivity contribution in [3.05, 3.63) is 109 Å². The molecule has 1 aliphatic rings. The molecule has 0 unspecified atom stereocenters. The molecule has 0 aliphatic carbocycles. The molecule has 208 valence electrons. The molecule has 1 aromatic heterocycles. The number of furan rings is 1. The average molecular weight is 562 g/mol. The van der Waals surface area contributed by atoms with E-state index in [9.17, 15) is 39.4 Å². The first kappa shape index (κ1) is 27.9. The first-order chi connectivity index (χ1) is 19.5. The van der Waals surface area contributed by atoms with E-state index < -0.39 is 33.7 Å². The Hall–Kier alpha value is -6.12. The molecule has 1 N–H and O–H groups in total. The molecule has 1 fully saturated rings. The van der Waals surface area contributed by atoms with Crippen molar-refractivity contribution in [1.82, 2.24) is 10.2 Å². The summed E-state index contributed by atoms with van der Waals surface area (Å²) in [6, 6.07) is 10.6. The molecular weight excluding hydrogens is 544 g/mol. The Morgan fingerprint density at radius 1 is 1.02 bits per heavy atom. The topological polar surface area (TPSA) is 201 Å². The average Bonchev–Trinajstić information content (AvgIpc) is 3.52. The number of non-ortho nitro benzene ring substituents is 2. The number of amides is 3. The number of urea groups is 1. The van der Waals surface area contributed by atoms with Gasteiger partial charge in [0.25, 0.3) is 17.3 Å². The summed E-state index contributed by atoms with van der Waals surface area (Å²) in [7, 11) is 1.16. The highest BCUT2D eigenvalue weighted by atomic mass is 16.6. The summed E-state index contributed by atoms with van der Waals surface area (Å²) >= 11 is 0. The summed E-state index contributed by atoms with van der Waals surface area (Å²) in [5.41, 5.74) is -0.578. The van der Waals surface area contributed by atoms with Crippen LogP contribution >= 0.6 is 0 Å². The third kappa shape index (κ3) is 6.48. The predicted octanol–water partition coefficient (Wildman–Crippen LogP) is 3.59. The minimum absolute atomic E-state index is 0.0761. The van der Waals surface area contributed by atoms with Gasteiger partial charge in [0, 0.05) is 35.9 Å². The molecule has 2 aromatic carbocycles. The van der Waals surface area contributed by atoms with Gasteiger partial charge >= 0.3 is 18.0 Å². The molecule has 1 saturated heterocycles. The van der Waals surface area contributed by atoms with Gasteiger partial charge in [-0.2, -0.15) is 0 Å². The molecular formula is C26H18N4O11. The molecule has 3 aromatic rings. The largest absolute Gasteiger partial charge is 0.463 e. The molecule has 41 heavy (non-hydrogen) atoms. The lowest BCUT2D eigenvalue weighted by Gasteiger charge is -2.09. The number of nitrogens with zero attached hydrogens (tertiary/aromatic N) is 3. The van der Waals surface area contributed by atoms with Crippen molar-refractivity contribution >= 4 is 47.4 Å². The number of ether oxygens (including phenoxy) is 2. The van der Waals surface area contributed by atoms with Crippen molar-refractivity contribution in [3.63, 3.8) is 0 Å². The van der Waals surface area contributed by atoms with E-state index in [4.69, 9.17) is 9.15 Å². The fourth-order valence-electron chi connectivity index (χ4n) is 3.60. The predicted molar refractivity (Wildman–Crippen MR) is 138 cm³/mol. The van der Waals surface area contributed by atoms with E-state index in [0.29, 0.717) is 5.56 Å². The van der Waals surface area contributed by atoms with Crippen molar-refractivity contribution in [3.8, 4) is 5.75 Å². The van der Waals surface area contributed by atoms with Gasteiger partial charge in [0.1, 0.15) is 17.2 Å². The van der Waals surface area contributed by atoms with Crippen molar-refractivity contribution in [2.75, 3.05) is 7.11 Å². The van der Waals surface area contributed by atoms with Crippen molar-refractivity contribution in [1.29, 1.82) is 0 Å². The molecule has 0 bridgehead atoms. The standard InChI is InChI=1S/C26H18N4O11/c1-39-25(33)22-9-7-19(40-22)14-28-24(32)20(27-26(28)34)13-16-12-18(30(37)38)6-8-21(16)41-23(31)10-5-15-3-2-4-17(11-15)29(35)36/h2-13H,14H2,1H3,(H,27,34)/b10-5+,20-13-. The number of hydrogen-bond donors (Lipinski definition) is 1. The van der Waals surface area contributed by atoms with Crippen LogP contribution in [0.1, 0.15) is 27.4 Å². The van der Waals surface area contributed by atoms with Gasteiger partial charge in [0.05, 0.1) is 23.5 Å². The van der Waals surface area contributed by atoms with Crippen LogP contribution in [-0.2, 0) is 20.9 Å². The normalized spacial score (nSPS) is 13.9. The Morgan fingerprint density at radius 3 is 2.46 bits per heavy atom. The Balaban J connectivity index is 1.56. The maximum atomic E-state index is 12.9. The van der Waals surface area contributed by atoms with Crippen molar-refractivity contribution in [2.45, 2.75) is 6.54 Å². The second-order valence-corrected chi connectivity index (χ2v) is 8.22. The van der Waals surface area contributed by atoms with Gasteiger partial charge in [0.2, 0.25) is 5.76 Å². The van der Waals surface area contributed by atoms with Gasteiger partial charge in [-0.25, -0.2) is 14.4 Å². The van der Waals surface area contributed by atoms with Gasteiger partial charge in [-0.15, -0.1) is 0 Å². The number of methoxy groups -OCH3 is 1. The summed E-state index contributed by atoms with van der Waals surface area (Å²) in [5, 5.41) is 24.6. The second-order valence-electron chi connectivity index (χ2n) is 8.22. The fourth-order valence-corrected chi connectivity index (χ4v) is 3.60. The number of nitro benzene ring substituents is 2. The lowest BCUT2D eigenvalue weighted by molar-refractivity contribution is -0.385. The number of carbonyl (C=O) groups is 4. The molecule has 3 amide bonds. The van der Waals surface area contributed by atoms with Gasteiger partial charge in [-0.3, -0.25) is 29.9 Å². The summed E-state index contributed by atoms with van der Waals surface area (Å²) in [4.78, 5) is 71.2. The Labute approximate surface area is 229 Å². The van der Waals surface area contributed by atoms with Gasteiger partial charge < -0.3 is 19.2 Å². The van der Waals surface area contributed by atoms with Crippen LogP contribution < -0.4 is 10.1 Å². The number of benzene rings is 2. The summed E-state index contributed by atoms with van der Waals surface area (Å²) in [5.74, 6) is -2.69. The zero-order chi connectivity index (χ0) is 29.7. The molecule has 0 radical (unpaired) electrons. The second kappa shape index (κ2) is 11.7. The minimum Gasteiger partial charge on any atom is -0.463 e. The molecule has 15 heteroatoms. The van der Waals surface area contributed by atoms with E-state index in [1.165, 1.54) is 42.5 Å². The summed E-state index contributed by atoms with van der Waals surface area (Å²) in [6.45, 7) is -0.335. The number of nitro groups is 2. The maximum absolute atomic E-state index is 12.9. The van der Waals surface area contributed by atoms with E-state index in [0.717, 1.165) is 42.4 Å². The lowest BCUT2D eigenvalue weighted by Crippen LogP contribution is -2.30. The van der Waals surface area contributed by atoms with E-state index >= 15 is 0 Å². The number of carbonyl (C=O) groups excluding carboxylic acids is 4. The molecule has 0 spiro atoms. The van der Waals surface area contributed by atoms with Gasteiger partial charge in [-0.05, 0) is 35.9 Å². The molecule has 15 nitrogen and oxygen atoms in total. The van der Waals surface area contributed by atoms with Crippen LogP contribution in [0.2, 0.25) is 0 Å². The highest BCUT2D eigenvalue weighted by Gasteiger charge is 2.35. The van der Waals surface area contributed by atoms with Crippen LogP contribution in [0.4, 0.5) is 16.2 Å². The van der Waals surface area contributed by atoms with E-state index in [1.54, 1.807) is 0 Å². The minimum atomic E-state index is -0.923. The zero-order valence-corrected chi connectivity index (χ0v) is 21.0. The molecule has 2 heterocycles. The Kier molecular flexibility index (Phi) is 7.98. The summed E-state index contributed by atoms with van der Waals surface area (Å²) in [6.07, 6.45) is 3.37. The Morgan fingerprint density at radius 2 is 1.76 bits per heavy atom.